The highest BCUT2D eigenvalue weighted by atomic mass is 32.1. The van der Waals surface area contributed by atoms with Gasteiger partial charge in [-0.1, -0.05) is 0 Å². The van der Waals surface area contributed by atoms with Crippen molar-refractivity contribution in [3.05, 3.63) is 21.9 Å². The van der Waals surface area contributed by atoms with Crippen LogP contribution in [0, 0.1) is 18.3 Å². The molecule has 0 saturated carbocycles. The number of rotatable bonds is 6. The van der Waals surface area contributed by atoms with Crippen molar-refractivity contribution in [2.24, 2.45) is 0 Å². The third kappa shape index (κ3) is 4.43. The number of carbonyl (C=O) groups is 1. The first-order chi connectivity index (χ1) is 7.74. The number of hydrogen-bond acceptors (Lipinski definition) is 4. The lowest BCUT2D eigenvalue weighted by atomic mass is 10.2. The van der Waals surface area contributed by atoms with Gasteiger partial charge in [0.05, 0.1) is 19.0 Å². The van der Waals surface area contributed by atoms with Crippen LogP contribution in [0.1, 0.15) is 17.5 Å². The minimum absolute atomic E-state index is 0.0665. The largest absolute Gasteiger partial charge is 0.354 e. The number of hydrogen-bond donors (Lipinski definition) is 2. The molecule has 5 heteroatoms. The molecule has 0 fully saturated rings. The van der Waals surface area contributed by atoms with Gasteiger partial charge in [-0.05, 0) is 28.8 Å². The molecule has 1 aromatic rings. The van der Waals surface area contributed by atoms with Crippen LogP contribution in [0.4, 0.5) is 0 Å². The maximum atomic E-state index is 11.3. The van der Waals surface area contributed by atoms with E-state index in [9.17, 15) is 4.79 Å². The van der Waals surface area contributed by atoms with Crippen LogP contribution in [-0.4, -0.2) is 19.0 Å². The van der Waals surface area contributed by atoms with E-state index in [2.05, 4.69) is 28.3 Å². The molecule has 0 atom stereocenters. The molecule has 0 aliphatic heterocycles. The molecule has 1 aromatic heterocycles. The molecule has 1 amide bonds. The van der Waals surface area contributed by atoms with Crippen molar-refractivity contribution < 1.29 is 4.79 Å². The first-order valence-electron chi connectivity index (χ1n) is 5.10. The quantitative estimate of drug-likeness (QED) is 0.730. The Labute approximate surface area is 99.3 Å². The summed E-state index contributed by atoms with van der Waals surface area (Å²) in [6.45, 7) is 3.48. The van der Waals surface area contributed by atoms with Gasteiger partial charge in [-0.25, -0.2) is 0 Å². The van der Waals surface area contributed by atoms with Crippen LogP contribution in [-0.2, 0) is 11.3 Å². The fourth-order valence-corrected chi connectivity index (χ4v) is 2.06. The normalized spacial score (nSPS) is 9.75. The van der Waals surface area contributed by atoms with Gasteiger partial charge in [0.15, 0.2) is 0 Å². The number of thiophene rings is 1. The highest BCUT2D eigenvalue weighted by Crippen LogP contribution is 2.12. The molecule has 1 rings (SSSR count). The lowest BCUT2D eigenvalue weighted by Crippen LogP contribution is -2.34. The van der Waals surface area contributed by atoms with Crippen LogP contribution in [0.25, 0.3) is 0 Å². The first-order valence-corrected chi connectivity index (χ1v) is 6.04. The molecule has 86 valence electrons. The summed E-state index contributed by atoms with van der Waals surface area (Å²) in [7, 11) is 0. The summed E-state index contributed by atoms with van der Waals surface area (Å²) in [6, 6.07) is 1.98. The van der Waals surface area contributed by atoms with Crippen molar-refractivity contribution in [3.8, 4) is 6.07 Å². The average Bonchev–Trinajstić information content (AvgIpc) is 2.65. The van der Waals surface area contributed by atoms with Gasteiger partial charge in [0.1, 0.15) is 0 Å². The Bertz CT molecular complexity index is 381. The second-order valence-electron chi connectivity index (χ2n) is 3.44. The van der Waals surface area contributed by atoms with Crippen LogP contribution >= 0.6 is 11.3 Å². The van der Waals surface area contributed by atoms with E-state index < -0.39 is 0 Å². The van der Waals surface area contributed by atoms with Crippen LogP contribution < -0.4 is 10.6 Å². The summed E-state index contributed by atoms with van der Waals surface area (Å²) >= 11 is 1.67. The Morgan fingerprint density at radius 2 is 2.38 bits per heavy atom. The van der Waals surface area contributed by atoms with E-state index in [1.807, 2.05) is 6.07 Å². The lowest BCUT2D eigenvalue weighted by molar-refractivity contribution is -0.120. The smallest absolute Gasteiger partial charge is 0.234 e. The summed E-state index contributed by atoms with van der Waals surface area (Å²) in [5.41, 5.74) is 2.48. The fraction of sp³-hybridized carbons (Fsp3) is 0.455. The molecule has 2 N–H and O–H groups in total. The summed E-state index contributed by atoms with van der Waals surface area (Å²) < 4.78 is 0. The molecule has 0 aromatic carbocycles. The number of nitrogens with zero attached hydrogens (tertiary/aromatic N) is 1. The zero-order chi connectivity index (χ0) is 11.8. The molecule has 0 bridgehead atoms. The predicted molar refractivity (Wildman–Crippen MR) is 64.0 cm³/mol. The summed E-state index contributed by atoms with van der Waals surface area (Å²) in [6.07, 6.45) is 0.357. The molecule has 0 aliphatic carbocycles. The summed E-state index contributed by atoms with van der Waals surface area (Å²) in [4.78, 5) is 11.3. The molecule has 0 radical (unpaired) electrons. The van der Waals surface area contributed by atoms with Gasteiger partial charge in [-0.15, -0.1) is 0 Å². The summed E-state index contributed by atoms with van der Waals surface area (Å²) in [5, 5.41) is 18.2. The minimum Gasteiger partial charge on any atom is -0.354 e. The van der Waals surface area contributed by atoms with Crippen molar-refractivity contribution in [2.75, 3.05) is 13.1 Å². The van der Waals surface area contributed by atoms with Crippen LogP contribution in [0.15, 0.2) is 10.8 Å². The zero-order valence-corrected chi connectivity index (χ0v) is 10.1. The Morgan fingerprint density at radius 3 is 3.00 bits per heavy atom. The first kappa shape index (κ1) is 12.7. The van der Waals surface area contributed by atoms with Crippen molar-refractivity contribution in [1.82, 2.24) is 10.6 Å². The van der Waals surface area contributed by atoms with E-state index >= 15 is 0 Å². The zero-order valence-electron chi connectivity index (χ0n) is 9.25. The monoisotopic (exact) mass is 237 g/mol. The minimum atomic E-state index is -0.0665. The Morgan fingerprint density at radius 1 is 1.56 bits per heavy atom. The van der Waals surface area contributed by atoms with Gasteiger partial charge < -0.3 is 10.6 Å². The number of amides is 1. The number of aryl methyl sites for hydroxylation is 1. The fourth-order valence-electron chi connectivity index (χ4n) is 1.20. The third-order valence-corrected chi connectivity index (χ3v) is 3.03. The molecule has 1 heterocycles. The molecule has 0 aliphatic rings. The Balaban J connectivity index is 2.14. The van der Waals surface area contributed by atoms with Crippen molar-refractivity contribution in [2.45, 2.75) is 19.9 Å². The summed E-state index contributed by atoms with van der Waals surface area (Å²) in [5.74, 6) is -0.0665. The van der Waals surface area contributed by atoms with Gasteiger partial charge >= 0.3 is 0 Å². The van der Waals surface area contributed by atoms with Gasteiger partial charge in [-0.2, -0.15) is 16.6 Å². The van der Waals surface area contributed by atoms with E-state index in [4.69, 9.17) is 5.26 Å². The number of carbonyl (C=O) groups excluding carboxylic acids is 1. The molecule has 0 unspecified atom stereocenters. The molecule has 4 nitrogen and oxygen atoms in total. The topological polar surface area (TPSA) is 64.9 Å². The maximum absolute atomic E-state index is 11.3. The predicted octanol–water partition coefficient (Wildman–Crippen LogP) is 1.18. The molecular weight excluding hydrogens is 222 g/mol. The molecular formula is C11H15N3OS. The SMILES string of the molecule is Cc1cscc1CNCC(=O)NCCC#N. The van der Waals surface area contributed by atoms with Crippen LogP contribution in [0.3, 0.4) is 0 Å². The van der Waals surface area contributed by atoms with Gasteiger partial charge in [0, 0.05) is 13.1 Å². The highest BCUT2D eigenvalue weighted by Gasteiger charge is 2.01. The van der Waals surface area contributed by atoms with Gasteiger partial charge in [0.25, 0.3) is 0 Å². The second-order valence-corrected chi connectivity index (χ2v) is 4.19. The number of nitriles is 1. The van der Waals surface area contributed by atoms with E-state index in [0.29, 0.717) is 26.1 Å². The third-order valence-electron chi connectivity index (χ3n) is 2.12. The van der Waals surface area contributed by atoms with E-state index in [0.717, 1.165) is 0 Å². The van der Waals surface area contributed by atoms with Crippen molar-refractivity contribution in [3.63, 3.8) is 0 Å². The molecule has 0 spiro atoms. The van der Waals surface area contributed by atoms with E-state index in [-0.39, 0.29) is 5.91 Å². The second kappa shape index (κ2) is 6.99. The molecule has 16 heavy (non-hydrogen) atoms. The molecule has 0 saturated heterocycles. The average molecular weight is 237 g/mol. The Hall–Kier alpha value is -1.38. The van der Waals surface area contributed by atoms with Crippen molar-refractivity contribution in [1.29, 1.82) is 5.26 Å². The van der Waals surface area contributed by atoms with Crippen molar-refractivity contribution >= 4 is 17.2 Å². The maximum Gasteiger partial charge on any atom is 0.234 e. The van der Waals surface area contributed by atoms with E-state index in [1.165, 1.54) is 11.1 Å². The van der Waals surface area contributed by atoms with Crippen LogP contribution in [0.2, 0.25) is 0 Å². The van der Waals surface area contributed by atoms with Crippen LogP contribution in [0.5, 0.6) is 0 Å². The Kier molecular flexibility index (Phi) is 5.54. The van der Waals surface area contributed by atoms with Gasteiger partial charge in [-0.3, -0.25) is 4.79 Å². The van der Waals surface area contributed by atoms with E-state index in [1.54, 1.807) is 11.3 Å². The number of nitrogens with one attached hydrogen (secondary N) is 2. The lowest BCUT2D eigenvalue weighted by Gasteiger charge is -2.04. The highest BCUT2D eigenvalue weighted by molar-refractivity contribution is 7.08. The standard InChI is InChI=1S/C11H15N3OS/c1-9-7-16-8-10(9)5-13-6-11(15)14-4-2-3-12/h7-8,13H,2,4-6H2,1H3,(H,14,15). The van der Waals surface area contributed by atoms with Gasteiger partial charge in [0.2, 0.25) is 5.91 Å².